The molecule has 0 aromatic heterocycles. The van der Waals surface area contributed by atoms with Crippen LogP contribution in [-0.4, -0.2) is 36.2 Å². The van der Waals surface area contributed by atoms with Gasteiger partial charge in [-0.1, -0.05) is 13.8 Å². The summed E-state index contributed by atoms with van der Waals surface area (Å²) in [5.41, 5.74) is -0.490. The number of aliphatic hydroxyl groups is 1. The van der Waals surface area contributed by atoms with E-state index in [2.05, 4.69) is 24.5 Å². The highest BCUT2D eigenvalue weighted by Gasteiger charge is 2.40. The molecular weight excluding hydrogens is 228 g/mol. The number of piperidine rings is 1. The number of rotatable bonds is 6. The number of amides is 1. The van der Waals surface area contributed by atoms with Crippen LogP contribution in [0.3, 0.4) is 0 Å². The van der Waals surface area contributed by atoms with E-state index in [1.807, 2.05) is 6.92 Å². The van der Waals surface area contributed by atoms with Gasteiger partial charge in [-0.15, -0.1) is 0 Å². The molecule has 106 valence electrons. The maximum atomic E-state index is 12.6. The molecule has 1 fully saturated rings. The second-order valence-corrected chi connectivity index (χ2v) is 5.73. The van der Waals surface area contributed by atoms with Crippen molar-refractivity contribution in [2.75, 3.05) is 19.7 Å². The van der Waals surface area contributed by atoms with Gasteiger partial charge in [0.2, 0.25) is 5.91 Å². The number of hydrogen-bond acceptors (Lipinski definition) is 3. The molecule has 0 bridgehead atoms. The second kappa shape index (κ2) is 6.53. The van der Waals surface area contributed by atoms with E-state index in [0.717, 1.165) is 38.8 Å². The number of carbonyl (C=O) groups excluding carboxylic acids is 1. The number of aliphatic hydroxyl groups excluding tert-OH is 1. The molecule has 1 saturated heterocycles. The minimum Gasteiger partial charge on any atom is -0.396 e. The third-order valence-corrected chi connectivity index (χ3v) is 4.58. The van der Waals surface area contributed by atoms with Crippen LogP contribution in [0.25, 0.3) is 0 Å². The Morgan fingerprint density at radius 3 is 2.44 bits per heavy atom. The first kappa shape index (κ1) is 15.4. The molecule has 0 radical (unpaired) electrons. The molecule has 1 heterocycles. The highest BCUT2D eigenvalue weighted by molar-refractivity contribution is 5.83. The van der Waals surface area contributed by atoms with Crippen LogP contribution in [0.1, 0.15) is 52.9 Å². The average Bonchev–Trinajstić information content (AvgIpc) is 2.39. The Labute approximate surface area is 111 Å². The Kier molecular flexibility index (Phi) is 5.60. The normalized spacial score (nSPS) is 22.2. The average molecular weight is 256 g/mol. The predicted molar refractivity (Wildman–Crippen MR) is 73.4 cm³/mol. The molecule has 4 nitrogen and oxygen atoms in total. The van der Waals surface area contributed by atoms with E-state index < -0.39 is 0 Å². The Morgan fingerprint density at radius 2 is 2.00 bits per heavy atom. The molecule has 3 N–H and O–H groups in total. The molecule has 18 heavy (non-hydrogen) atoms. The van der Waals surface area contributed by atoms with Crippen LogP contribution >= 0.6 is 0 Å². The van der Waals surface area contributed by atoms with Crippen LogP contribution < -0.4 is 10.6 Å². The summed E-state index contributed by atoms with van der Waals surface area (Å²) < 4.78 is 0. The molecule has 1 aliphatic rings. The van der Waals surface area contributed by atoms with Gasteiger partial charge in [-0.2, -0.15) is 0 Å². The summed E-state index contributed by atoms with van der Waals surface area (Å²) in [4.78, 5) is 12.6. The van der Waals surface area contributed by atoms with Gasteiger partial charge in [0.15, 0.2) is 0 Å². The highest BCUT2D eigenvalue weighted by Crippen LogP contribution is 2.33. The molecule has 0 aromatic rings. The van der Waals surface area contributed by atoms with Gasteiger partial charge in [0, 0.05) is 12.1 Å². The van der Waals surface area contributed by atoms with E-state index in [-0.39, 0.29) is 23.5 Å². The van der Waals surface area contributed by atoms with Crippen molar-refractivity contribution in [1.82, 2.24) is 10.6 Å². The van der Waals surface area contributed by atoms with Crippen LogP contribution in [0.15, 0.2) is 0 Å². The molecule has 1 amide bonds. The van der Waals surface area contributed by atoms with Crippen molar-refractivity contribution in [2.45, 2.75) is 58.4 Å². The molecule has 0 aliphatic carbocycles. The van der Waals surface area contributed by atoms with Gasteiger partial charge in [-0.3, -0.25) is 4.79 Å². The van der Waals surface area contributed by atoms with Crippen molar-refractivity contribution in [2.24, 2.45) is 5.41 Å². The Bertz CT molecular complexity index is 275. The van der Waals surface area contributed by atoms with Gasteiger partial charge >= 0.3 is 0 Å². The lowest BCUT2D eigenvalue weighted by atomic mass is 9.75. The summed E-state index contributed by atoms with van der Waals surface area (Å²) in [5, 5.41) is 15.6. The molecule has 0 saturated carbocycles. The molecule has 4 heteroatoms. The van der Waals surface area contributed by atoms with Gasteiger partial charge in [0.1, 0.15) is 0 Å². The fourth-order valence-corrected chi connectivity index (χ4v) is 2.63. The second-order valence-electron chi connectivity index (χ2n) is 5.73. The quantitative estimate of drug-likeness (QED) is 0.674. The highest BCUT2D eigenvalue weighted by atomic mass is 16.3. The first-order valence-corrected chi connectivity index (χ1v) is 7.16. The lowest BCUT2D eigenvalue weighted by Crippen LogP contribution is -2.54. The zero-order valence-corrected chi connectivity index (χ0v) is 12.0. The lowest BCUT2D eigenvalue weighted by molar-refractivity contribution is -0.135. The fraction of sp³-hybridized carbons (Fsp3) is 0.929. The van der Waals surface area contributed by atoms with Crippen LogP contribution in [0.5, 0.6) is 0 Å². The van der Waals surface area contributed by atoms with E-state index in [4.69, 9.17) is 5.11 Å². The molecule has 1 rings (SSSR count). The zero-order chi connectivity index (χ0) is 13.6. The standard InChI is InChI=1S/C14H28N2O2/c1-4-13(3,8-11-17)16-12(18)14(5-2)6-9-15-10-7-14/h15,17H,4-11H2,1-3H3,(H,16,18). The molecule has 1 atom stereocenters. The monoisotopic (exact) mass is 256 g/mol. The van der Waals surface area contributed by atoms with Crippen molar-refractivity contribution in [1.29, 1.82) is 0 Å². The van der Waals surface area contributed by atoms with Crippen molar-refractivity contribution in [3.63, 3.8) is 0 Å². The Balaban J connectivity index is 2.72. The zero-order valence-electron chi connectivity index (χ0n) is 12.0. The third kappa shape index (κ3) is 3.45. The van der Waals surface area contributed by atoms with E-state index in [1.165, 1.54) is 0 Å². The summed E-state index contributed by atoms with van der Waals surface area (Å²) in [6.07, 6.45) is 4.17. The Morgan fingerprint density at radius 1 is 1.39 bits per heavy atom. The van der Waals surface area contributed by atoms with Crippen molar-refractivity contribution >= 4 is 5.91 Å². The first-order valence-electron chi connectivity index (χ1n) is 7.16. The van der Waals surface area contributed by atoms with Crippen LogP contribution in [0.2, 0.25) is 0 Å². The third-order valence-electron chi connectivity index (χ3n) is 4.58. The van der Waals surface area contributed by atoms with Crippen LogP contribution in [-0.2, 0) is 4.79 Å². The number of nitrogens with one attached hydrogen (secondary N) is 2. The largest absolute Gasteiger partial charge is 0.396 e. The van der Waals surface area contributed by atoms with E-state index >= 15 is 0 Å². The van der Waals surface area contributed by atoms with Crippen LogP contribution in [0, 0.1) is 5.41 Å². The summed E-state index contributed by atoms with van der Waals surface area (Å²) in [7, 11) is 0. The summed E-state index contributed by atoms with van der Waals surface area (Å²) >= 11 is 0. The molecule has 0 aromatic carbocycles. The van der Waals surface area contributed by atoms with Gasteiger partial charge in [0.25, 0.3) is 0 Å². The van der Waals surface area contributed by atoms with E-state index in [0.29, 0.717) is 6.42 Å². The lowest BCUT2D eigenvalue weighted by Gasteiger charge is -2.39. The predicted octanol–water partition coefficient (Wildman–Crippen LogP) is 1.43. The van der Waals surface area contributed by atoms with Crippen molar-refractivity contribution in [3.05, 3.63) is 0 Å². The minimum absolute atomic E-state index is 0.116. The smallest absolute Gasteiger partial charge is 0.226 e. The summed E-state index contributed by atoms with van der Waals surface area (Å²) in [5.74, 6) is 0.171. The first-order chi connectivity index (χ1) is 8.52. The van der Waals surface area contributed by atoms with Crippen molar-refractivity contribution in [3.8, 4) is 0 Å². The topological polar surface area (TPSA) is 61.4 Å². The maximum absolute atomic E-state index is 12.6. The van der Waals surface area contributed by atoms with Gasteiger partial charge in [0.05, 0.1) is 5.41 Å². The molecule has 1 aliphatic heterocycles. The van der Waals surface area contributed by atoms with Crippen LogP contribution in [0.4, 0.5) is 0 Å². The summed E-state index contributed by atoms with van der Waals surface area (Å²) in [6, 6.07) is 0. The molecule has 0 spiro atoms. The van der Waals surface area contributed by atoms with Crippen molar-refractivity contribution < 1.29 is 9.90 Å². The molecular formula is C14H28N2O2. The van der Waals surface area contributed by atoms with Gasteiger partial charge in [-0.25, -0.2) is 0 Å². The number of hydrogen-bond donors (Lipinski definition) is 3. The summed E-state index contributed by atoms with van der Waals surface area (Å²) in [6.45, 7) is 8.13. The SMILES string of the molecule is CCC(C)(CCO)NC(=O)C1(CC)CCNCC1. The number of carbonyl (C=O) groups is 1. The fourth-order valence-electron chi connectivity index (χ4n) is 2.63. The van der Waals surface area contributed by atoms with E-state index in [9.17, 15) is 4.79 Å². The van der Waals surface area contributed by atoms with Gasteiger partial charge in [-0.05, 0) is 52.1 Å². The maximum Gasteiger partial charge on any atom is 0.226 e. The van der Waals surface area contributed by atoms with Gasteiger partial charge < -0.3 is 15.7 Å². The Hall–Kier alpha value is -0.610. The molecule has 1 unspecified atom stereocenters. The van der Waals surface area contributed by atoms with E-state index in [1.54, 1.807) is 0 Å². The minimum atomic E-state index is -0.279.